The zero-order chi connectivity index (χ0) is 24.1. The summed E-state index contributed by atoms with van der Waals surface area (Å²) in [6, 6.07) is 8.49. The average Bonchev–Trinajstić information content (AvgIpc) is 2.81. The second kappa shape index (κ2) is 10.1. The summed E-state index contributed by atoms with van der Waals surface area (Å²) in [6.45, 7) is 1.79. The fourth-order valence-corrected chi connectivity index (χ4v) is 3.63. The molecule has 0 aliphatic rings. The summed E-state index contributed by atoms with van der Waals surface area (Å²) in [5, 5.41) is 10.0. The minimum Gasteiger partial charge on any atom is -0.493 e. The first kappa shape index (κ1) is 23.6. The van der Waals surface area contributed by atoms with Crippen molar-refractivity contribution in [3.05, 3.63) is 41.6 Å². The maximum Gasteiger partial charge on any atom is 0.340 e. The van der Waals surface area contributed by atoms with Gasteiger partial charge in [-0.15, -0.1) is 0 Å². The van der Waals surface area contributed by atoms with E-state index in [1.54, 1.807) is 37.3 Å². The predicted molar refractivity (Wildman–Crippen MR) is 121 cm³/mol. The van der Waals surface area contributed by atoms with E-state index < -0.39 is 18.4 Å². The SMILES string of the molecule is CCOC(=O)c1c(CC(=O)O)nc2cc(OC)c(OC)cc2c1-c1ccc(OC)c(OC)c1. The third kappa shape index (κ3) is 4.62. The molecule has 33 heavy (non-hydrogen) atoms. The number of carbonyl (C=O) groups is 2. The molecule has 1 aromatic heterocycles. The highest BCUT2D eigenvalue weighted by Gasteiger charge is 2.26. The molecule has 3 aromatic rings. The Bertz CT molecular complexity index is 1210. The van der Waals surface area contributed by atoms with E-state index in [2.05, 4.69) is 4.98 Å². The molecular formula is C24H25NO8. The Morgan fingerprint density at radius 2 is 1.48 bits per heavy atom. The van der Waals surface area contributed by atoms with Gasteiger partial charge >= 0.3 is 11.9 Å². The largest absolute Gasteiger partial charge is 0.493 e. The third-order valence-electron chi connectivity index (χ3n) is 5.04. The van der Waals surface area contributed by atoms with E-state index in [0.717, 1.165) is 0 Å². The number of ether oxygens (including phenoxy) is 5. The Kier molecular flexibility index (Phi) is 7.22. The minimum absolute atomic E-state index is 0.0613. The topological polar surface area (TPSA) is 113 Å². The van der Waals surface area contributed by atoms with Gasteiger partial charge in [-0.1, -0.05) is 6.07 Å². The van der Waals surface area contributed by atoms with E-state index in [-0.39, 0.29) is 17.9 Å². The number of hydrogen-bond donors (Lipinski definition) is 1. The van der Waals surface area contributed by atoms with Crippen LogP contribution in [0.4, 0.5) is 0 Å². The highest BCUT2D eigenvalue weighted by molar-refractivity contribution is 6.09. The number of benzene rings is 2. The van der Waals surface area contributed by atoms with Crippen LogP contribution >= 0.6 is 0 Å². The van der Waals surface area contributed by atoms with Crippen LogP contribution in [-0.2, 0) is 16.0 Å². The molecule has 0 amide bonds. The molecule has 3 rings (SSSR count). The monoisotopic (exact) mass is 455 g/mol. The molecule has 0 fully saturated rings. The molecule has 0 saturated heterocycles. The van der Waals surface area contributed by atoms with Gasteiger partial charge in [0.05, 0.1) is 58.2 Å². The van der Waals surface area contributed by atoms with Gasteiger partial charge in [0.1, 0.15) is 0 Å². The van der Waals surface area contributed by atoms with Gasteiger partial charge in [0.2, 0.25) is 0 Å². The van der Waals surface area contributed by atoms with Gasteiger partial charge < -0.3 is 28.8 Å². The van der Waals surface area contributed by atoms with Gasteiger partial charge in [-0.25, -0.2) is 4.79 Å². The third-order valence-corrected chi connectivity index (χ3v) is 5.04. The van der Waals surface area contributed by atoms with E-state index in [9.17, 15) is 14.7 Å². The Morgan fingerprint density at radius 3 is 2.06 bits per heavy atom. The summed E-state index contributed by atoms with van der Waals surface area (Å²) in [4.78, 5) is 29.2. The molecule has 0 bridgehead atoms. The highest BCUT2D eigenvalue weighted by Crippen LogP contribution is 2.41. The normalized spacial score (nSPS) is 10.6. The second-order valence-electron chi connectivity index (χ2n) is 6.89. The van der Waals surface area contributed by atoms with Crippen molar-refractivity contribution in [2.45, 2.75) is 13.3 Å². The fraction of sp³-hybridized carbons (Fsp3) is 0.292. The quantitative estimate of drug-likeness (QED) is 0.482. The lowest BCUT2D eigenvalue weighted by molar-refractivity contribution is -0.136. The number of methoxy groups -OCH3 is 4. The van der Waals surface area contributed by atoms with Crippen molar-refractivity contribution in [1.29, 1.82) is 0 Å². The number of rotatable bonds is 9. The van der Waals surface area contributed by atoms with Crippen LogP contribution < -0.4 is 18.9 Å². The van der Waals surface area contributed by atoms with Crippen LogP contribution in [-0.4, -0.2) is 57.1 Å². The lowest BCUT2D eigenvalue weighted by Gasteiger charge is -2.18. The smallest absolute Gasteiger partial charge is 0.340 e. The zero-order valence-corrected chi connectivity index (χ0v) is 19.1. The minimum atomic E-state index is -1.13. The zero-order valence-electron chi connectivity index (χ0n) is 19.1. The van der Waals surface area contributed by atoms with Crippen molar-refractivity contribution >= 4 is 22.8 Å². The summed E-state index contributed by atoms with van der Waals surface area (Å²) in [5.41, 5.74) is 1.59. The van der Waals surface area contributed by atoms with Gasteiger partial charge in [0.15, 0.2) is 23.0 Å². The number of hydrogen-bond acceptors (Lipinski definition) is 8. The number of carboxylic acid groups (broad SMARTS) is 1. The van der Waals surface area contributed by atoms with Crippen LogP contribution in [0.5, 0.6) is 23.0 Å². The van der Waals surface area contributed by atoms with Gasteiger partial charge in [-0.3, -0.25) is 9.78 Å². The number of pyridine rings is 1. The maximum absolute atomic E-state index is 13.1. The predicted octanol–water partition coefficient (Wildman–Crippen LogP) is 3.74. The molecular weight excluding hydrogens is 430 g/mol. The lowest BCUT2D eigenvalue weighted by atomic mass is 9.92. The van der Waals surface area contributed by atoms with Crippen molar-refractivity contribution in [1.82, 2.24) is 4.98 Å². The van der Waals surface area contributed by atoms with E-state index in [4.69, 9.17) is 23.7 Å². The van der Waals surface area contributed by atoms with Crippen molar-refractivity contribution in [2.75, 3.05) is 35.0 Å². The molecule has 0 saturated carbocycles. The molecule has 174 valence electrons. The number of fused-ring (bicyclic) bond motifs is 1. The van der Waals surface area contributed by atoms with E-state index in [1.807, 2.05) is 0 Å². The van der Waals surface area contributed by atoms with E-state index >= 15 is 0 Å². The Labute approximate surface area is 190 Å². The van der Waals surface area contributed by atoms with Crippen LogP contribution in [0.3, 0.4) is 0 Å². The number of aromatic nitrogens is 1. The molecule has 9 heteroatoms. The molecule has 0 aliphatic heterocycles. The molecule has 0 unspecified atom stereocenters. The van der Waals surface area contributed by atoms with Gasteiger partial charge in [0, 0.05) is 17.0 Å². The first-order valence-corrected chi connectivity index (χ1v) is 10.1. The summed E-state index contributed by atoms with van der Waals surface area (Å²) in [6.07, 6.45) is -0.473. The number of carbonyl (C=O) groups excluding carboxylic acids is 1. The van der Waals surface area contributed by atoms with Crippen LogP contribution in [0, 0.1) is 0 Å². The molecule has 1 N–H and O–H groups in total. The molecule has 0 radical (unpaired) electrons. The molecule has 0 aliphatic carbocycles. The summed E-state index contributed by atoms with van der Waals surface area (Å²) < 4.78 is 26.9. The van der Waals surface area contributed by atoms with E-state index in [0.29, 0.717) is 45.0 Å². The molecule has 1 heterocycles. The number of aliphatic carboxylic acids is 1. The Morgan fingerprint density at radius 1 is 0.879 bits per heavy atom. The van der Waals surface area contributed by atoms with Crippen LogP contribution in [0.15, 0.2) is 30.3 Å². The van der Waals surface area contributed by atoms with Crippen molar-refractivity contribution in [2.24, 2.45) is 0 Å². The Hall–Kier alpha value is -4.01. The first-order chi connectivity index (χ1) is 15.9. The van der Waals surface area contributed by atoms with Gasteiger partial charge in [-0.05, 0) is 30.7 Å². The van der Waals surface area contributed by atoms with Crippen LogP contribution in [0.25, 0.3) is 22.0 Å². The van der Waals surface area contributed by atoms with Crippen LogP contribution in [0.1, 0.15) is 23.0 Å². The first-order valence-electron chi connectivity index (χ1n) is 10.1. The van der Waals surface area contributed by atoms with Gasteiger partial charge in [0.25, 0.3) is 0 Å². The molecule has 0 atom stereocenters. The van der Waals surface area contributed by atoms with Gasteiger partial charge in [-0.2, -0.15) is 0 Å². The summed E-state index contributed by atoms with van der Waals surface area (Å²) >= 11 is 0. The van der Waals surface area contributed by atoms with Crippen molar-refractivity contribution < 1.29 is 38.4 Å². The lowest BCUT2D eigenvalue weighted by Crippen LogP contribution is -2.15. The van der Waals surface area contributed by atoms with E-state index in [1.165, 1.54) is 28.4 Å². The van der Waals surface area contributed by atoms with Crippen LogP contribution in [0.2, 0.25) is 0 Å². The number of nitrogens with zero attached hydrogens (tertiary/aromatic N) is 1. The molecule has 9 nitrogen and oxygen atoms in total. The molecule has 2 aromatic carbocycles. The summed E-state index contributed by atoms with van der Waals surface area (Å²) in [7, 11) is 6.01. The van der Waals surface area contributed by atoms with Crippen molar-refractivity contribution in [3.63, 3.8) is 0 Å². The molecule has 0 spiro atoms. The summed E-state index contributed by atoms with van der Waals surface area (Å²) in [5.74, 6) is -0.0264. The highest BCUT2D eigenvalue weighted by atomic mass is 16.5. The average molecular weight is 455 g/mol. The number of carboxylic acids is 1. The standard InChI is InChI=1S/C24H25NO8/c1-6-33-24(28)23-16(12-21(26)27)25-15-11-20(32-5)19(31-4)10-14(15)22(23)13-7-8-17(29-2)18(9-13)30-3/h7-11H,6,12H2,1-5H3,(H,26,27). The fourth-order valence-electron chi connectivity index (χ4n) is 3.63. The second-order valence-corrected chi connectivity index (χ2v) is 6.89. The Balaban J connectivity index is 2.50. The van der Waals surface area contributed by atoms with Crippen molar-refractivity contribution in [3.8, 4) is 34.1 Å². The number of esters is 1. The maximum atomic E-state index is 13.1.